The third-order valence-electron chi connectivity index (χ3n) is 1.90. The van der Waals surface area contributed by atoms with Crippen LogP contribution in [-0.4, -0.2) is 15.0 Å². The molecule has 72 valence electrons. The Hall–Kier alpha value is -1.78. The molecule has 0 N–H and O–H groups in total. The molecule has 0 bridgehead atoms. The number of nitrogens with zero attached hydrogens (tertiary/aromatic N) is 3. The normalized spacial score (nSPS) is 10.5. The molecule has 5 heteroatoms. The molecule has 0 aliphatic rings. The van der Waals surface area contributed by atoms with E-state index in [0.717, 1.165) is 0 Å². The summed E-state index contributed by atoms with van der Waals surface area (Å²) < 4.78 is 27.0. The van der Waals surface area contributed by atoms with Crippen LogP contribution in [0.1, 0.15) is 0 Å². The summed E-state index contributed by atoms with van der Waals surface area (Å²) in [4.78, 5) is 0. The van der Waals surface area contributed by atoms with Gasteiger partial charge in [0.15, 0.2) is 0 Å². The van der Waals surface area contributed by atoms with E-state index in [-0.39, 0.29) is 11.5 Å². The zero-order valence-electron chi connectivity index (χ0n) is 7.41. The molecule has 14 heavy (non-hydrogen) atoms. The van der Waals surface area contributed by atoms with Crippen molar-refractivity contribution in [1.82, 2.24) is 15.0 Å². The Morgan fingerprint density at radius 3 is 2.29 bits per heavy atom. The lowest BCUT2D eigenvalue weighted by Gasteiger charge is -1.99. The van der Waals surface area contributed by atoms with Crippen LogP contribution in [0.25, 0.3) is 11.3 Å². The molecule has 0 saturated heterocycles. The average Bonchev–Trinajstić information content (AvgIpc) is 2.49. The molecule has 0 saturated carbocycles. The molecule has 0 unspecified atom stereocenters. The summed E-state index contributed by atoms with van der Waals surface area (Å²) in [5, 5.41) is 6.78. The maximum atomic E-state index is 13.1. The minimum absolute atomic E-state index is 0.255. The van der Waals surface area contributed by atoms with E-state index >= 15 is 0 Å². The van der Waals surface area contributed by atoms with Crippen LogP contribution in [0.3, 0.4) is 0 Å². The molecule has 3 nitrogen and oxygen atoms in total. The molecule has 1 heterocycles. The zero-order chi connectivity index (χ0) is 10.1. The van der Waals surface area contributed by atoms with Crippen molar-refractivity contribution in [3.05, 3.63) is 36.0 Å². The topological polar surface area (TPSA) is 30.7 Å². The van der Waals surface area contributed by atoms with Crippen LogP contribution in [0.2, 0.25) is 0 Å². The van der Waals surface area contributed by atoms with Crippen molar-refractivity contribution in [2.24, 2.45) is 7.05 Å². The molecule has 0 spiro atoms. The van der Waals surface area contributed by atoms with E-state index in [2.05, 4.69) is 10.3 Å². The molecule has 0 atom stereocenters. The summed E-state index contributed by atoms with van der Waals surface area (Å²) >= 11 is 0. The first kappa shape index (κ1) is 8.80. The van der Waals surface area contributed by atoms with Gasteiger partial charge in [-0.2, -0.15) is 4.39 Å². The Morgan fingerprint density at radius 2 is 1.79 bits per heavy atom. The van der Waals surface area contributed by atoms with Crippen molar-refractivity contribution in [2.75, 3.05) is 0 Å². The number of benzene rings is 1. The fourth-order valence-corrected chi connectivity index (χ4v) is 1.25. The van der Waals surface area contributed by atoms with Crippen LogP contribution in [-0.2, 0) is 7.05 Å². The van der Waals surface area contributed by atoms with E-state index in [4.69, 9.17) is 0 Å². The van der Waals surface area contributed by atoms with E-state index in [1.54, 1.807) is 7.05 Å². The number of rotatable bonds is 1. The van der Waals surface area contributed by atoms with Crippen molar-refractivity contribution in [3.8, 4) is 11.3 Å². The standard InChI is InChI=1S/C9H7F2N3/c1-14-8(9(11)12-13-14)6-2-4-7(10)5-3-6/h2-5H,1H3. The Bertz CT molecular complexity index is 428. The number of hydrogen-bond donors (Lipinski definition) is 0. The smallest absolute Gasteiger partial charge is 0.245 e. The third kappa shape index (κ3) is 1.37. The first-order valence-electron chi connectivity index (χ1n) is 3.99. The summed E-state index contributed by atoms with van der Waals surface area (Å²) in [5.74, 6) is -1.01. The van der Waals surface area contributed by atoms with E-state index < -0.39 is 5.95 Å². The fourth-order valence-electron chi connectivity index (χ4n) is 1.25. The van der Waals surface area contributed by atoms with Gasteiger partial charge in [-0.15, -0.1) is 0 Å². The second-order valence-corrected chi connectivity index (χ2v) is 2.86. The molecule has 2 aromatic rings. The van der Waals surface area contributed by atoms with Gasteiger partial charge in [-0.3, -0.25) is 0 Å². The van der Waals surface area contributed by atoms with Crippen LogP contribution in [0, 0.1) is 11.8 Å². The summed E-state index contributed by atoms with van der Waals surface area (Å²) in [6.45, 7) is 0. The number of hydrogen-bond acceptors (Lipinski definition) is 2. The number of aryl methyl sites for hydroxylation is 1. The maximum absolute atomic E-state index is 13.1. The van der Waals surface area contributed by atoms with Gasteiger partial charge in [-0.05, 0) is 24.3 Å². The maximum Gasteiger partial charge on any atom is 0.260 e. The summed E-state index contributed by atoms with van der Waals surface area (Å²) in [6.07, 6.45) is 0. The highest BCUT2D eigenvalue weighted by Gasteiger charge is 2.11. The highest BCUT2D eigenvalue weighted by molar-refractivity contribution is 5.58. The molecule has 0 radical (unpaired) electrons. The van der Waals surface area contributed by atoms with Gasteiger partial charge in [0.25, 0.3) is 5.95 Å². The Labute approximate surface area is 79.0 Å². The van der Waals surface area contributed by atoms with Gasteiger partial charge in [0.2, 0.25) is 0 Å². The highest BCUT2D eigenvalue weighted by Crippen LogP contribution is 2.20. The minimum Gasteiger partial charge on any atom is -0.245 e. The molecule has 0 amide bonds. The van der Waals surface area contributed by atoms with Crippen molar-refractivity contribution < 1.29 is 8.78 Å². The van der Waals surface area contributed by atoms with E-state index in [1.165, 1.54) is 28.9 Å². The second-order valence-electron chi connectivity index (χ2n) is 2.86. The van der Waals surface area contributed by atoms with Crippen LogP contribution >= 0.6 is 0 Å². The third-order valence-corrected chi connectivity index (χ3v) is 1.90. The largest absolute Gasteiger partial charge is 0.260 e. The fraction of sp³-hybridized carbons (Fsp3) is 0.111. The lowest BCUT2D eigenvalue weighted by molar-refractivity contribution is 0.580. The molecule has 1 aromatic heterocycles. The van der Waals surface area contributed by atoms with E-state index in [9.17, 15) is 8.78 Å². The van der Waals surface area contributed by atoms with Gasteiger partial charge < -0.3 is 0 Å². The Kier molecular flexibility index (Phi) is 1.99. The predicted octanol–water partition coefficient (Wildman–Crippen LogP) is 1.76. The molecule has 0 fully saturated rings. The molecule has 1 aromatic carbocycles. The van der Waals surface area contributed by atoms with Gasteiger partial charge in [0, 0.05) is 12.6 Å². The summed E-state index contributed by atoms with van der Waals surface area (Å²) in [7, 11) is 1.58. The van der Waals surface area contributed by atoms with Crippen molar-refractivity contribution in [1.29, 1.82) is 0 Å². The molecular formula is C9H7F2N3. The molecular weight excluding hydrogens is 188 g/mol. The van der Waals surface area contributed by atoms with Crippen LogP contribution < -0.4 is 0 Å². The minimum atomic E-state index is -0.654. The van der Waals surface area contributed by atoms with Crippen molar-refractivity contribution in [2.45, 2.75) is 0 Å². The number of halogens is 2. The zero-order valence-corrected chi connectivity index (χ0v) is 7.41. The Balaban J connectivity index is 2.54. The lowest BCUT2D eigenvalue weighted by Crippen LogP contribution is -1.94. The summed E-state index contributed by atoms with van der Waals surface area (Å²) in [6, 6.07) is 5.50. The average molecular weight is 195 g/mol. The molecule has 0 aliphatic carbocycles. The van der Waals surface area contributed by atoms with Gasteiger partial charge in [-0.25, -0.2) is 9.07 Å². The lowest BCUT2D eigenvalue weighted by atomic mass is 10.1. The Morgan fingerprint density at radius 1 is 1.14 bits per heavy atom. The molecule has 2 rings (SSSR count). The highest BCUT2D eigenvalue weighted by atomic mass is 19.1. The van der Waals surface area contributed by atoms with Crippen molar-refractivity contribution >= 4 is 0 Å². The van der Waals surface area contributed by atoms with Crippen LogP contribution in [0.15, 0.2) is 24.3 Å². The predicted molar refractivity (Wildman–Crippen MR) is 46.4 cm³/mol. The van der Waals surface area contributed by atoms with Crippen LogP contribution in [0.5, 0.6) is 0 Å². The van der Waals surface area contributed by atoms with Gasteiger partial charge >= 0.3 is 0 Å². The number of aromatic nitrogens is 3. The van der Waals surface area contributed by atoms with Gasteiger partial charge in [0.05, 0.1) is 0 Å². The van der Waals surface area contributed by atoms with E-state index in [0.29, 0.717) is 5.56 Å². The SMILES string of the molecule is Cn1nnc(F)c1-c1ccc(F)cc1. The van der Waals surface area contributed by atoms with Gasteiger partial charge in [-0.1, -0.05) is 10.3 Å². The quantitative estimate of drug-likeness (QED) is 0.694. The van der Waals surface area contributed by atoms with E-state index in [1.807, 2.05) is 0 Å². The first-order valence-corrected chi connectivity index (χ1v) is 3.99. The van der Waals surface area contributed by atoms with Gasteiger partial charge in [0.1, 0.15) is 11.5 Å². The van der Waals surface area contributed by atoms with Crippen LogP contribution in [0.4, 0.5) is 8.78 Å². The monoisotopic (exact) mass is 195 g/mol. The molecule has 0 aliphatic heterocycles. The first-order chi connectivity index (χ1) is 6.68. The second kappa shape index (κ2) is 3.17. The van der Waals surface area contributed by atoms with Crippen molar-refractivity contribution in [3.63, 3.8) is 0 Å². The summed E-state index contributed by atoms with van der Waals surface area (Å²) in [5.41, 5.74) is 0.807.